The summed E-state index contributed by atoms with van der Waals surface area (Å²) < 4.78 is 14.9. The average Bonchev–Trinajstić information content (AvgIpc) is 2.28. The van der Waals surface area contributed by atoms with Gasteiger partial charge in [0.1, 0.15) is 10.6 Å². The molecule has 1 heterocycles. The highest BCUT2D eigenvalue weighted by molar-refractivity contribution is 7.90. The van der Waals surface area contributed by atoms with Crippen molar-refractivity contribution in [1.29, 1.82) is 0 Å². The van der Waals surface area contributed by atoms with Gasteiger partial charge in [-0.05, 0) is 33.3 Å². The fraction of sp³-hybridized carbons (Fsp3) is 0.462. The maximum absolute atomic E-state index is 12.1. The fourth-order valence-corrected chi connectivity index (χ4v) is 2.27. The summed E-state index contributed by atoms with van der Waals surface area (Å²) in [4.78, 5) is 4.06. The number of anilines is 1. The van der Waals surface area contributed by atoms with Gasteiger partial charge in [0.2, 0.25) is 0 Å². The summed E-state index contributed by atoms with van der Waals surface area (Å²) in [6.45, 7) is 9.50. The second kappa shape index (κ2) is 6.22. The van der Waals surface area contributed by atoms with Crippen molar-refractivity contribution < 1.29 is 4.55 Å². The molecule has 1 aromatic rings. The molecule has 18 heavy (non-hydrogen) atoms. The number of hydrogen-bond acceptors (Lipinski definition) is 4. The Labute approximate surface area is 112 Å². The van der Waals surface area contributed by atoms with E-state index >= 15 is 0 Å². The molecule has 0 radical (unpaired) electrons. The summed E-state index contributed by atoms with van der Waals surface area (Å²) in [5.41, 5.74) is 6.71. The molecule has 4 nitrogen and oxygen atoms in total. The zero-order chi connectivity index (χ0) is 13.8. The van der Waals surface area contributed by atoms with Crippen LogP contribution in [0.15, 0.2) is 31.0 Å². The highest BCUT2D eigenvalue weighted by atomic mass is 32.2. The molecule has 1 rings (SSSR count). The molecule has 0 bridgehead atoms. The first-order valence-corrected chi connectivity index (χ1v) is 7.00. The molecule has 0 amide bonds. The van der Waals surface area contributed by atoms with Crippen LogP contribution in [0.25, 0.3) is 0 Å². The topological polar surface area (TPSA) is 74.0 Å². The molecule has 0 saturated carbocycles. The van der Waals surface area contributed by atoms with Crippen LogP contribution in [0.1, 0.15) is 38.8 Å². The molecule has 5 heteroatoms. The lowest BCUT2D eigenvalue weighted by atomic mass is 10.1. The number of hydrogen-bond donors (Lipinski definition) is 2. The molecular formula is C13H21N3OS. The molecule has 1 aromatic heterocycles. The Morgan fingerprint density at radius 1 is 1.61 bits per heavy atom. The van der Waals surface area contributed by atoms with E-state index in [4.69, 9.17) is 5.73 Å². The first kappa shape index (κ1) is 15.0. The maximum Gasteiger partial charge on any atom is 0.136 e. The minimum Gasteiger partial charge on any atom is -0.598 e. The van der Waals surface area contributed by atoms with Crippen molar-refractivity contribution in [1.82, 2.24) is 9.71 Å². The number of rotatable bonds is 5. The normalized spacial score (nSPS) is 15.1. The first-order valence-electron chi connectivity index (χ1n) is 5.85. The van der Waals surface area contributed by atoms with Gasteiger partial charge in [0, 0.05) is 23.1 Å². The highest BCUT2D eigenvalue weighted by Crippen LogP contribution is 2.25. The average molecular weight is 267 g/mol. The third kappa shape index (κ3) is 4.01. The molecule has 0 aliphatic carbocycles. The largest absolute Gasteiger partial charge is 0.598 e. The van der Waals surface area contributed by atoms with Crippen molar-refractivity contribution in [3.05, 3.63) is 36.5 Å². The van der Waals surface area contributed by atoms with E-state index in [-0.39, 0.29) is 10.8 Å². The zero-order valence-electron chi connectivity index (χ0n) is 11.1. The molecule has 0 aliphatic heterocycles. The predicted octanol–water partition coefficient (Wildman–Crippen LogP) is 2.33. The number of nitrogens with zero attached hydrogens (tertiary/aromatic N) is 1. The Morgan fingerprint density at radius 2 is 2.28 bits per heavy atom. The molecule has 2 atom stereocenters. The van der Waals surface area contributed by atoms with Crippen molar-refractivity contribution in [2.24, 2.45) is 0 Å². The molecule has 0 fully saturated rings. The van der Waals surface area contributed by atoms with Crippen LogP contribution in [0.5, 0.6) is 0 Å². The van der Waals surface area contributed by atoms with Gasteiger partial charge in [-0.3, -0.25) is 0 Å². The molecule has 0 aliphatic rings. The van der Waals surface area contributed by atoms with Crippen LogP contribution in [0.3, 0.4) is 0 Å². The highest BCUT2D eigenvalue weighted by Gasteiger charge is 2.30. The number of nitrogen functional groups attached to an aromatic ring is 1. The van der Waals surface area contributed by atoms with Gasteiger partial charge in [0.05, 0.1) is 6.04 Å². The predicted molar refractivity (Wildman–Crippen MR) is 77.2 cm³/mol. The summed E-state index contributed by atoms with van der Waals surface area (Å²) in [5.74, 6) is 0.461. The Kier molecular flexibility index (Phi) is 5.19. The van der Waals surface area contributed by atoms with Gasteiger partial charge in [0.25, 0.3) is 0 Å². The second-order valence-corrected chi connectivity index (χ2v) is 7.05. The Bertz CT molecular complexity index is 403. The molecule has 0 aromatic carbocycles. The van der Waals surface area contributed by atoms with Crippen LogP contribution in [0.2, 0.25) is 0 Å². The van der Waals surface area contributed by atoms with Gasteiger partial charge >= 0.3 is 0 Å². The van der Waals surface area contributed by atoms with Crippen LogP contribution >= 0.6 is 0 Å². The van der Waals surface area contributed by atoms with E-state index in [1.165, 1.54) is 0 Å². The van der Waals surface area contributed by atoms with Gasteiger partial charge in [-0.15, -0.1) is 11.3 Å². The molecule has 3 N–H and O–H groups in total. The third-order valence-corrected chi connectivity index (χ3v) is 4.07. The number of nitrogens with two attached hydrogens (primary N) is 1. The number of pyridine rings is 1. The maximum atomic E-state index is 12.1. The summed E-state index contributed by atoms with van der Waals surface area (Å²) in [7, 11) is 0. The lowest BCUT2D eigenvalue weighted by molar-refractivity contribution is 0.524. The molecule has 0 saturated heterocycles. The summed E-state index contributed by atoms with van der Waals surface area (Å²) in [6.07, 6.45) is 4.08. The van der Waals surface area contributed by atoms with Gasteiger partial charge in [-0.25, -0.2) is 4.98 Å². The molecule has 0 spiro atoms. The van der Waals surface area contributed by atoms with Crippen molar-refractivity contribution in [2.75, 3.05) is 5.73 Å². The fourth-order valence-electron chi connectivity index (χ4n) is 1.44. The van der Waals surface area contributed by atoms with E-state index < -0.39 is 11.4 Å². The molecular weight excluding hydrogens is 246 g/mol. The van der Waals surface area contributed by atoms with Crippen LogP contribution in [0, 0.1) is 0 Å². The minimum absolute atomic E-state index is 0.128. The zero-order valence-corrected chi connectivity index (χ0v) is 12.0. The van der Waals surface area contributed by atoms with Crippen LogP contribution in [0.4, 0.5) is 5.82 Å². The summed E-state index contributed by atoms with van der Waals surface area (Å²) in [6, 6.07) is 3.59. The summed E-state index contributed by atoms with van der Waals surface area (Å²) in [5, 5.41) is 0. The molecule has 1 unspecified atom stereocenters. The van der Waals surface area contributed by atoms with Gasteiger partial charge in [0.15, 0.2) is 0 Å². The van der Waals surface area contributed by atoms with Crippen LogP contribution in [-0.2, 0) is 11.4 Å². The number of nitrogens with one attached hydrogen (secondary N) is 1. The van der Waals surface area contributed by atoms with E-state index in [1.54, 1.807) is 12.3 Å². The van der Waals surface area contributed by atoms with Gasteiger partial charge in [-0.2, -0.15) is 0 Å². The third-order valence-electron chi connectivity index (χ3n) is 2.45. The van der Waals surface area contributed by atoms with E-state index in [9.17, 15) is 4.55 Å². The van der Waals surface area contributed by atoms with Crippen LogP contribution in [-0.4, -0.2) is 14.3 Å². The van der Waals surface area contributed by atoms with E-state index in [0.717, 1.165) is 5.56 Å². The first-order chi connectivity index (χ1) is 8.36. The number of aromatic nitrogens is 1. The van der Waals surface area contributed by atoms with E-state index in [0.29, 0.717) is 12.2 Å². The Morgan fingerprint density at radius 3 is 2.78 bits per heavy atom. The monoisotopic (exact) mass is 267 g/mol. The Hall–Kier alpha value is -1.04. The van der Waals surface area contributed by atoms with Crippen molar-refractivity contribution in [2.45, 2.75) is 38.0 Å². The quantitative estimate of drug-likeness (QED) is 0.634. The van der Waals surface area contributed by atoms with Crippen molar-refractivity contribution in [3.8, 4) is 0 Å². The van der Waals surface area contributed by atoms with E-state index in [2.05, 4.69) is 16.3 Å². The standard InChI is InChI=1S/C13H21N3OS/c1-5-7-11(16-18(17)13(2,3)4)10-8-6-9-15-12(10)14/h5-6,8-9,11,16H,1,7H2,2-4H3,(H2,14,15)/t11-,18?/m1/s1. The van der Waals surface area contributed by atoms with Crippen LogP contribution < -0.4 is 10.5 Å². The molecule has 100 valence electrons. The summed E-state index contributed by atoms with van der Waals surface area (Å²) >= 11 is -1.16. The second-order valence-electron chi connectivity index (χ2n) is 5.05. The smallest absolute Gasteiger partial charge is 0.136 e. The van der Waals surface area contributed by atoms with Crippen molar-refractivity contribution in [3.63, 3.8) is 0 Å². The van der Waals surface area contributed by atoms with Gasteiger partial charge in [-0.1, -0.05) is 12.1 Å². The van der Waals surface area contributed by atoms with E-state index in [1.807, 2.05) is 32.9 Å². The Balaban J connectivity index is 2.90. The minimum atomic E-state index is -1.16. The van der Waals surface area contributed by atoms with Gasteiger partial charge < -0.3 is 10.3 Å². The SMILES string of the molecule is C=CC[C@@H](N[S+]([O-])C(C)(C)C)c1cccnc1N. The lowest BCUT2D eigenvalue weighted by Crippen LogP contribution is -2.41. The van der Waals surface area contributed by atoms with Crippen molar-refractivity contribution >= 4 is 17.2 Å². The lowest BCUT2D eigenvalue weighted by Gasteiger charge is -2.28.